The molecule has 0 aliphatic heterocycles. The standard InChI is InChI=1S/C15H12N2/c1-11-13(15-8-4-5-9-16-15)10-12-6-2-3-7-14(12)17-11/h2-10H,1H3. The summed E-state index contributed by atoms with van der Waals surface area (Å²) in [5.41, 5.74) is 4.12. The third-order valence-corrected chi connectivity index (χ3v) is 2.86. The molecule has 0 amide bonds. The molecule has 3 rings (SSSR count). The van der Waals surface area contributed by atoms with Crippen LogP contribution >= 0.6 is 0 Å². The zero-order chi connectivity index (χ0) is 11.7. The van der Waals surface area contributed by atoms with E-state index in [0.29, 0.717) is 0 Å². The van der Waals surface area contributed by atoms with Gasteiger partial charge in [-0.2, -0.15) is 0 Å². The number of nitrogens with zero attached hydrogens (tertiary/aromatic N) is 2. The first-order chi connectivity index (χ1) is 8.34. The second-order valence-corrected chi connectivity index (χ2v) is 4.03. The molecular weight excluding hydrogens is 208 g/mol. The Hall–Kier alpha value is -2.22. The monoisotopic (exact) mass is 220 g/mol. The van der Waals surface area contributed by atoms with Gasteiger partial charge in [0.15, 0.2) is 0 Å². The molecule has 0 saturated heterocycles. The fraction of sp³-hybridized carbons (Fsp3) is 0.0667. The third-order valence-electron chi connectivity index (χ3n) is 2.86. The Labute approximate surface area is 100.0 Å². The highest BCUT2D eigenvalue weighted by Gasteiger charge is 2.05. The Kier molecular flexibility index (Phi) is 2.33. The lowest BCUT2D eigenvalue weighted by atomic mass is 10.1. The summed E-state index contributed by atoms with van der Waals surface area (Å²) < 4.78 is 0. The molecule has 0 aliphatic rings. The molecule has 0 unspecified atom stereocenters. The van der Waals surface area contributed by atoms with Crippen LogP contribution in [0, 0.1) is 6.92 Å². The fourth-order valence-corrected chi connectivity index (χ4v) is 1.99. The molecule has 0 N–H and O–H groups in total. The minimum absolute atomic E-state index is 0.975. The van der Waals surface area contributed by atoms with E-state index in [-0.39, 0.29) is 0 Å². The van der Waals surface area contributed by atoms with Crippen molar-refractivity contribution in [2.45, 2.75) is 6.92 Å². The number of pyridine rings is 2. The van der Waals surface area contributed by atoms with Gasteiger partial charge in [-0.05, 0) is 31.2 Å². The Morgan fingerprint density at radius 2 is 1.76 bits per heavy atom. The van der Waals surface area contributed by atoms with E-state index >= 15 is 0 Å². The quantitative estimate of drug-likeness (QED) is 0.626. The molecule has 3 aromatic rings. The van der Waals surface area contributed by atoms with Gasteiger partial charge in [0.1, 0.15) is 0 Å². The van der Waals surface area contributed by atoms with Gasteiger partial charge in [-0.15, -0.1) is 0 Å². The number of aryl methyl sites for hydroxylation is 1. The van der Waals surface area contributed by atoms with Gasteiger partial charge in [0.25, 0.3) is 0 Å². The van der Waals surface area contributed by atoms with Crippen molar-refractivity contribution < 1.29 is 0 Å². The molecule has 0 atom stereocenters. The minimum atomic E-state index is 0.975. The van der Waals surface area contributed by atoms with Crippen LogP contribution < -0.4 is 0 Å². The third kappa shape index (κ3) is 1.78. The molecule has 0 radical (unpaired) electrons. The summed E-state index contributed by atoms with van der Waals surface area (Å²) in [7, 11) is 0. The van der Waals surface area contributed by atoms with Crippen LogP contribution in [0.4, 0.5) is 0 Å². The summed E-state index contributed by atoms with van der Waals surface area (Å²) >= 11 is 0. The summed E-state index contributed by atoms with van der Waals surface area (Å²) in [4.78, 5) is 8.99. The van der Waals surface area contributed by atoms with Crippen molar-refractivity contribution >= 4 is 10.9 Å². The summed E-state index contributed by atoms with van der Waals surface area (Å²) in [6.07, 6.45) is 1.81. The maximum absolute atomic E-state index is 4.61. The van der Waals surface area contributed by atoms with Gasteiger partial charge in [0, 0.05) is 22.8 Å². The predicted octanol–water partition coefficient (Wildman–Crippen LogP) is 3.61. The van der Waals surface area contributed by atoms with E-state index in [4.69, 9.17) is 0 Å². The number of para-hydroxylation sites is 1. The van der Waals surface area contributed by atoms with Crippen LogP contribution in [0.25, 0.3) is 22.2 Å². The number of hydrogen-bond donors (Lipinski definition) is 0. The Balaban J connectivity index is 2.27. The molecule has 0 bridgehead atoms. The van der Waals surface area contributed by atoms with Gasteiger partial charge < -0.3 is 0 Å². The van der Waals surface area contributed by atoms with Crippen molar-refractivity contribution in [3.8, 4) is 11.3 Å². The van der Waals surface area contributed by atoms with Crippen LogP contribution in [0.1, 0.15) is 5.69 Å². The van der Waals surface area contributed by atoms with E-state index in [1.165, 1.54) is 0 Å². The van der Waals surface area contributed by atoms with Gasteiger partial charge in [-0.25, -0.2) is 0 Å². The van der Waals surface area contributed by atoms with Gasteiger partial charge in [0.2, 0.25) is 0 Å². The molecule has 2 aromatic heterocycles. The first kappa shape index (κ1) is 9.97. The molecule has 0 spiro atoms. The van der Waals surface area contributed by atoms with E-state index in [1.807, 2.05) is 49.5 Å². The van der Waals surface area contributed by atoms with Crippen molar-refractivity contribution in [2.24, 2.45) is 0 Å². The highest BCUT2D eigenvalue weighted by Crippen LogP contribution is 2.24. The fourth-order valence-electron chi connectivity index (χ4n) is 1.99. The van der Waals surface area contributed by atoms with Gasteiger partial charge in [-0.3, -0.25) is 9.97 Å². The van der Waals surface area contributed by atoms with E-state index in [1.54, 1.807) is 0 Å². The summed E-state index contributed by atoms with van der Waals surface area (Å²) in [5, 5.41) is 1.15. The number of hydrogen-bond acceptors (Lipinski definition) is 2. The topological polar surface area (TPSA) is 25.8 Å². The van der Waals surface area contributed by atoms with E-state index in [9.17, 15) is 0 Å². The van der Waals surface area contributed by atoms with Gasteiger partial charge in [0.05, 0.1) is 11.2 Å². The van der Waals surface area contributed by atoms with Crippen molar-refractivity contribution in [3.05, 3.63) is 60.4 Å². The van der Waals surface area contributed by atoms with Crippen LogP contribution in [0.15, 0.2) is 54.7 Å². The minimum Gasteiger partial charge on any atom is -0.256 e. The lowest BCUT2D eigenvalue weighted by Gasteiger charge is -2.06. The first-order valence-corrected chi connectivity index (χ1v) is 5.62. The highest BCUT2D eigenvalue weighted by atomic mass is 14.7. The normalized spacial score (nSPS) is 10.6. The average molecular weight is 220 g/mol. The smallest absolute Gasteiger partial charge is 0.0720 e. The molecule has 0 aliphatic carbocycles. The lowest BCUT2D eigenvalue weighted by molar-refractivity contribution is 1.23. The average Bonchev–Trinajstić information content (AvgIpc) is 2.39. The molecule has 2 heterocycles. The maximum atomic E-state index is 4.61. The molecule has 1 aromatic carbocycles. The van der Waals surface area contributed by atoms with E-state index in [2.05, 4.69) is 22.1 Å². The van der Waals surface area contributed by atoms with Gasteiger partial charge >= 0.3 is 0 Å². The molecule has 0 saturated carbocycles. The van der Waals surface area contributed by atoms with Crippen LogP contribution in [0.5, 0.6) is 0 Å². The number of aromatic nitrogens is 2. The number of rotatable bonds is 1. The van der Waals surface area contributed by atoms with Crippen molar-refractivity contribution in [1.82, 2.24) is 9.97 Å². The van der Waals surface area contributed by atoms with Crippen LogP contribution in [0.2, 0.25) is 0 Å². The second kappa shape index (κ2) is 3.98. The predicted molar refractivity (Wildman–Crippen MR) is 69.7 cm³/mol. The highest BCUT2D eigenvalue weighted by molar-refractivity contribution is 5.84. The second-order valence-electron chi connectivity index (χ2n) is 4.03. The SMILES string of the molecule is Cc1nc2ccccc2cc1-c1ccccn1. The van der Waals surface area contributed by atoms with Crippen LogP contribution in [0.3, 0.4) is 0 Å². The van der Waals surface area contributed by atoms with Crippen molar-refractivity contribution in [2.75, 3.05) is 0 Å². The Bertz CT molecular complexity index is 660. The molecular formula is C15H12N2. The van der Waals surface area contributed by atoms with Crippen molar-refractivity contribution in [3.63, 3.8) is 0 Å². The molecule has 82 valence electrons. The first-order valence-electron chi connectivity index (χ1n) is 5.62. The summed E-state index contributed by atoms with van der Waals surface area (Å²) in [5.74, 6) is 0. The van der Waals surface area contributed by atoms with Gasteiger partial charge in [-0.1, -0.05) is 24.3 Å². The zero-order valence-corrected chi connectivity index (χ0v) is 9.59. The summed E-state index contributed by atoms with van der Waals surface area (Å²) in [6, 6.07) is 16.2. The number of benzene rings is 1. The summed E-state index contributed by atoms with van der Waals surface area (Å²) in [6.45, 7) is 2.02. The maximum Gasteiger partial charge on any atom is 0.0720 e. The Morgan fingerprint density at radius 1 is 0.941 bits per heavy atom. The lowest BCUT2D eigenvalue weighted by Crippen LogP contribution is -1.91. The molecule has 2 nitrogen and oxygen atoms in total. The number of fused-ring (bicyclic) bond motifs is 1. The molecule has 2 heteroatoms. The van der Waals surface area contributed by atoms with Crippen LogP contribution in [-0.4, -0.2) is 9.97 Å². The van der Waals surface area contributed by atoms with E-state index < -0.39 is 0 Å². The Morgan fingerprint density at radius 3 is 2.59 bits per heavy atom. The van der Waals surface area contributed by atoms with Crippen molar-refractivity contribution in [1.29, 1.82) is 0 Å². The zero-order valence-electron chi connectivity index (χ0n) is 9.59. The van der Waals surface area contributed by atoms with E-state index in [0.717, 1.165) is 27.9 Å². The molecule has 0 fully saturated rings. The van der Waals surface area contributed by atoms with Crippen LogP contribution in [-0.2, 0) is 0 Å². The molecule has 17 heavy (non-hydrogen) atoms. The largest absolute Gasteiger partial charge is 0.256 e.